The molecule has 0 aliphatic heterocycles. The molecule has 0 heterocycles. The van der Waals surface area contributed by atoms with Gasteiger partial charge < -0.3 is 4.74 Å². The number of rotatable bonds is 6. The maximum atomic E-state index is 11.9. The third-order valence-electron chi connectivity index (χ3n) is 3.95. The van der Waals surface area contributed by atoms with Crippen LogP contribution in [0.3, 0.4) is 0 Å². The van der Waals surface area contributed by atoms with Gasteiger partial charge in [-0.1, -0.05) is 42.5 Å². The highest BCUT2D eigenvalue weighted by molar-refractivity contribution is 5.94. The number of hydrogen-bond acceptors (Lipinski definition) is 3. The van der Waals surface area contributed by atoms with Gasteiger partial charge in [-0.3, -0.25) is 4.79 Å². The maximum absolute atomic E-state index is 11.9. The zero-order chi connectivity index (χ0) is 18.2. The molecular weight excluding hydrogens is 324 g/mol. The van der Waals surface area contributed by atoms with Crippen molar-refractivity contribution in [1.29, 1.82) is 0 Å². The number of aryl methyl sites for hydroxylation is 1. The summed E-state index contributed by atoms with van der Waals surface area (Å²) in [5.41, 5.74) is 6.35. The third-order valence-corrected chi connectivity index (χ3v) is 3.95. The van der Waals surface area contributed by atoms with E-state index >= 15 is 0 Å². The first-order valence-corrected chi connectivity index (χ1v) is 8.38. The fourth-order valence-corrected chi connectivity index (χ4v) is 2.40. The van der Waals surface area contributed by atoms with Gasteiger partial charge in [0.05, 0.1) is 6.21 Å². The molecule has 0 aliphatic rings. The van der Waals surface area contributed by atoms with Crippen molar-refractivity contribution in [3.8, 4) is 5.75 Å². The van der Waals surface area contributed by atoms with Crippen molar-refractivity contribution >= 4 is 12.1 Å². The highest BCUT2D eigenvalue weighted by Crippen LogP contribution is 2.15. The van der Waals surface area contributed by atoms with E-state index < -0.39 is 0 Å². The Balaban J connectivity index is 1.53. The van der Waals surface area contributed by atoms with Crippen LogP contribution in [0.15, 0.2) is 84.0 Å². The van der Waals surface area contributed by atoms with Gasteiger partial charge in [0.15, 0.2) is 0 Å². The second kappa shape index (κ2) is 8.62. The molecule has 0 saturated carbocycles. The molecule has 3 aromatic carbocycles. The molecule has 3 rings (SSSR count). The minimum atomic E-state index is -0.236. The lowest BCUT2D eigenvalue weighted by atomic mass is 10.1. The molecule has 130 valence electrons. The Bertz CT molecular complexity index is 888. The van der Waals surface area contributed by atoms with Gasteiger partial charge in [0.2, 0.25) is 0 Å². The highest BCUT2D eigenvalue weighted by Gasteiger charge is 2.02. The zero-order valence-electron chi connectivity index (χ0n) is 14.6. The predicted molar refractivity (Wildman–Crippen MR) is 103 cm³/mol. The minimum absolute atomic E-state index is 0.236. The van der Waals surface area contributed by atoms with Crippen LogP contribution in [0.2, 0.25) is 0 Å². The molecule has 0 unspecified atom stereocenters. The summed E-state index contributed by atoms with van der Waals surface area (Å²) in [6, 6.07) is 24.7. The number of hydrazone groups is 1. The molecule has 0 atom stereocenters. The molecule has 0 aromatic heterocycles. The Morgan fingerprint density at radius 1 is 0.962 bits per heavy atom. The third kappa shape index (κ3) is 4.80. The lowest BCUT2D eigenvalue weighted by Gasteiger charge is -2.08. The van der Waals surface area contributed by atoms with Crippen LogP contribution in [0.25, 0.3) is 0 Å². The van der Waals surface area contributed by atoms with Crippen LogP contribution in [0, 0.1) is 6.92 Å². The monoisotopic (exact) mass is 344 g/mol. The lowest BCUT2D eigenvalue weighted by Crippen LogP contribution is -2.17. The summed E-state index contributed by atoms with van der Waals surface area (Å²) in [6.07, 6.45) is 1.60. The molecule has 1 amide bonds. The smallest absolute Gasteiger partial charge is 0.271 e. The van der Waals surface area contributed by atoms with Crippen LogP contribution in [0.4, 0.5) is 0 Å². The van der Waals surface area contributed by atoms with E-state index in [0.717, 1.165) is 11.3 Å². The van der Waals surface area contributed by atoms with Crippen LogP contribution in [0.5, 0.6) is 5.75 Å². The second-order valence-electron chi connectivity index (χ2n) is 5.85. The molecule has 26 heavy (non-hydrogen) atoms. The van der Waals surface area contributed by atoms with E-state index in [1.54, 1.807) is 18.3 Å². The van der Waals surface area contributed by atoms with Gasteiger partial charge in [-0.25, -0.2) is 5.43 Å². The maximum Gasteiger partial charge on any atom is 0.271 e. The number of nitrogens with zero attached hydrogens (tertiary/aromatic N) is 1. The second-order valence-corrected chi connectivity index (χ2v) is 5.85. The lowest BCUT2D eigenvalue weighted by molar-refractivity contribution is 0.0955. The molecule has 0 saturated heterocycles. The summed E-state index contributed by atoms with van der Waals surface area (Å²) in [4.78, 5) is 11.9. The Labute approximate surface area is 153 Å². The van der Waals surface area contributed by atoms with E-state index in [0.29, 0.717) is 12.2 Å². The summed E-state index contributed by atoms with van der Waals surface area (Å²) in [6.45, 7) is 2.61. The number of nitrogens with one attached hydrogen (secondary N) is 1. The zero-order valence-corrected chi connectivity index (χ0v) is 14.6. The average Bonchev–Trinajstić information content (AvgIpc) is 2.69. The molecule has 0 bridgehead atoms. The minimum Gasteiger partial charge on any atom is -0.489 e. The predicted octanol–water partition coefficient (Wildman–Crippen LogP) is 4.34. The molecular formula is C22H20N2O2. The normalized spacial score (nSPS) is 10.7. The molecule has 0 spiro atoms. The van der Waals surface area contributed by atoms with E-state index in [1.165, 1.54) is 11.1 Å². The quantitative estimate of drug-likeness (QED) is 0.534. The summed E-state index contributed by atoms with van der Waals surface area (Å²) in [5, 5.41) is 3.99. The van der Waals surface area contributed by atoms with Gasteiger partial charge in [-0.15, -0.1) is 0 Å². The summed E-state index contributed by atoms with van der Waals surface area (Å²) in [5.74, 6) is 0.554. The van der Waals surface area contributed by atoms with Crippen molar-refractivity contribution in [2.75, 3.05) is 0 Å². The first-order valence-electron chi connectivity index (χ1n) is 8.38. The molecule has 0 fully saturated rings. The van der Waals surface area contributed by atoms with Gasteiger partial charge in [-0.05, 0) is 60.0 Å². The molecule has 3 aromatic rings. The Hall–Kier alpha value is -3.40. The van der Waals surface area contributed by atoms with Crippen LogP contribution in [-0.4, -0.2) is 12.1 Å². The summed E-state index contributed by atoms with van der Waals surface area (Å²) in [7, 11) is 0. The van der Waals surface area contributed by atoms with Crippen molar-refractivity contribution in [1.82, 2.24) is 5.43 Å². The summed E-state index contributed by atoms with van der Waals surface area (Å²) >= 11 is 0. The number of amides is 1. The van der Waals surface area contributed by atoms with Gasteiger partial charge in [0.25, 0.3) is 5.91 Å². The molecule has 1 N–H and O–H groups in total. The average molecular weight is 344 g/mol. The summed E-state index contributed by atoms with van der Waals surface area (Å²) < 4.78 is 5.81. The van der Waals surface area contributed by atoms with E-state index in [1.807, 2.05) is 54.6 Å². The van der Waals surface area contributed by atoms with E-state index in [-0.39, 0.29) is 5.91 Å². The van der Waals surface area contributed by atoms with E-state index in [2.05, 4.69) is 29.6 Å². The standard InChI is InChI=1S/C22H20N2O2/c1-17-7-5-6-10-20(17)16-26-21-13-11-18(12-14-21)15-23-24-22(25)19-8-3-2-4-9-19/h2-15H,16H2,1H3,(H,24,25)/b23-15-. The van der Waals surface area contributed by atoms with Crippen LogP contribution >= 0.6 is 0 Å². The van der Waals surface area contributed by atoms with Crippen molar-refractivity contribution in [2.45, 2.75) is 13.5 Å². The highest BCUT2D eigenvalue weighted by atomic mass is 16.5. The molecule has 4 heteroatoms. The van der Waals surface area contributed by atoms with Crippen molar-refractivity contribution in [3.05, 3.63) is 101 Å². The fourth-order valence-electron chi connectivity index (χ4n) is 2.40. The van der Waals surface area contributed by atoms with E-state index in [9.17, 15) is 4.79 Å². The number of carbonyl (C=O) groups is 1. The number of hydrogen-bond donors (Lipinski definition) is 1. The first kappa shape index (κ1) is 17.4. The van der Waals surface area contributed by atoms with Crippen molar-refractivity contribution in [2.24, 2.45) is 5.10 Å². The topological polar surface area (TPSA) is 50.7 Å². The van der Waals surface area contributed by atoms with Gasteiger partial charge in [-0.2, -0.15) is 5.10 Å². The van der Waals surface area contributed by atoms with Crippen LogP contribution in [0.1, 0.15) is 27.0 Å². The van der Waals surface area contributed by atoms with Crippen LogP contribution in [-0.2, 0) is 6.61 Å². The largest absolute Gasteiger partial charge is 0.489 e. The fraction of sp³-hybridized carbons (Fsp3) is 0.0909. The van der Waals surface area contributed by atoms with Gasteiger partial charge in [0.1, 0.15) is 12.4 Å². The Morgan fingerprint density at radius 2 is 1.65 bits per heavy atom. The number of carbonyl (C=O) groups excluding carboxylic acids is 1. The Kier molecular flexibility index (Phi) is 5.78. The number of ether oxygens (including phenoxy) is 1. The van der Waals surface area contributed by atoms with Crippen molar-refractivity contribution in [3.63, 3.8) is 0 Å². The van der Waals surface area contributed by atoms with Gasteiger partial charge in [0, 0.05) is 5.56 Å². The molecule has 0 radical (unpaired) electrons. The SMILES string of the molecule is Cc1ccccc1COc1ccc(/C=N\NC(=O)c2ccccc2)cc1. The van der Waals surface area contributed by atoms with Crippen molar-refractivity contribution < 1.29 is 9.53 Å². The Morgan fingerprint density at radius 3 is 2.38 bits per heavy atom. The van der Waals surface area contributed by atoms with Crippen LogP contribution < -0.4 is 10.2 Å². The first-order chi connectivity index (χ1) is 12.7. The van der Waals surface area contributed by atoms with E-state index in [4.69, 9.17) is 4.74 Å². The molecule has 4 nitrogen and oxygen atoms in total. The molecule has 0 aliphatic carbocycles. The van der Waals surface area contributed by atoms with Gasteiger partial charge >= 0.3 is 0 Å². The number of benzene rings is 3.